The van der Waals surface area contributed by atoms with Gasteiger partial charge in [-0.1, -0.05) is 12.1 Å². The Bertz CT molecular complexity index is 1370. The van der Waals surface area contributed by atoms with E-state index < -0.39 is 49.3 Å². The lowest BCUT2D eigenvalue weighted by atomic mass is 10.0. The van der Waals surface area contributed by atoms with Crippen molar-refractivity contribution in [1.29, 1.82) is 0 Å². The highest BCUT2D eigenvalue weighted by Gasteiger charge is 2.31. The number of benzene rings is 2. The molecule has 13 heteroatoms. The first kappa shape index (κ1) is 23.4. The number of rotatable bonds is 7. The van der Waals surface area contributed by atoms with Crippen LogP contribution in [0.3, 0.4) is 0 Å². The van der Waals surface area contributed by atoms with E-state index in [2.05, 4.69) is 10.3 Å². The van der Waals surface area contributed by atoms with E-state index in [0.717, 1.165) is 18.2 Å². The molecule has 0 bridgehead atoms. The minimum Gasteiger partial charge on any atom is -0.325 e. The van der Waals surface area contributed by atoms with Crippen LogP contribution < -0.4 is 5.32 Å². The van der Waals surface area contributed by atoms with Crippen LogP contribution in [0.25, 0.3) is 0 Å². The molecule has 34 heavy (non-hydrogen) atoms. The fraction of sp³-hybridized carbons (Fsp3) is 0.238. The molecule has 4 rings (SSSR count). The number of fused-ring (bicyclic) bond motifs is 1. The third kappa shape index (κ3) is 4.65. The number of aryl methyl sites for hydroxylation is 1. The van der Waals surface area contributed by atoms with Gasteiger partial charge >= 0.3 is 10.1 Å². The molecule has 0 spiro atoms. The molecule has 2 atom stereocenters. The predicted molar refractivity (Wildman–Crippen MR) is 115 cm³/mol. The number of aromatic nitrogens is 2. The zero-order chi connectivity index (χ0) is 24.6. The highest BCUT2D eigenvalue weighted by molar-refractivity contribution is 7.87. The summed E-state index contributed by atoms with van der Waals surface area (Å²) in [5.74, 6) is -1.59. The van der Waals surface area contributed by atoms with Gasteiger partial charge in [0.15, 0.2) is 16.8 Å². The number of para-hydroxylation sites is 1. The summed E-state index contributed by atoms with van der Waals surface area (Å²) in [6.45, 7) is 1.17. The van der Waals surface area contributed by atoms with E-state index in [4.69, 9.17) is 4.18 Å². The van der Waals surface area contributed by atoms with Crippen molar-refractivity contribution in [1.82, 2.24) is 9.55 Å². The number of imidazole rings is 1. The maximum Gasteiger partial charge on any atom is 0.304 e. The first-order chi connectivity index (χ1) is 16.0. The third-order valence-electron chi connectivity index (χ3n) is 5.28. The number of halogens is 2. The second-order valence-corrected chi connectivity index (χ2v) is 9.15. The summed E-state index contributed by atoms with van der Waals surface area (Å²) in [5.41, 5.74) is -0.265. The standard InChI is InChI=1S/C21H18F2N4O6S/c1-12(33-34(31,32)18-5-3-2-4-17(18)27(29)30)21(28)25-19-11-26-16(6-7-20(26)24-19)13-8-14(22)10-15(23)9-13/h2-5,8-12,16H,6-7H2,1H3,(H,25,28)/t12-,16?/m1/s1. The van der Waals surface area contributed by atoms with E-state index in [9.17, 15) is 32.1 Å². The minimum absolute atomic E-state index is 0.0973. The van der Waals surface area contributed by atoms with Crippen molar-refractivity contribution in [3.05, 3.63) is 81.8 Å². The monoisotopic (exact) mass is 492 g/mol. The maximum absolute atomic E-state index is 13.6. The van der Waals surface area contributed by atoms with E-state index in [1.54, 1.807) is 4.57 Å². The number of nitro benzene ring substituents is 1. The van der Waals surface area contributed by atoms with Gasteiger partial charge in [-0.25, -0.2) is 13.8 Å². The van der Waals surface area contributed by atoms with Gasteiger partial charge in [0.25, 0.3) is 11.6 Å². The molecular weight excluding hydrogens is 474 g/mol. The van der Waals surface area contributed by atoms with Gasteiger partial charge in [0.05, 0.1) is 11.0 Å². The van der Waals surface area contributed by atoms with E-state index in [1.807, 2.05) is 0 Å². The molecule has 178 valence electrons. The Labute approximate surface area is 192 Å². The van der Waals surface area contributed by atoms with Crippen LogP contribution >= 0.6 is 0 Å². The van der Waals surface area contributed by atoms with Gasteiger partial charge < -0.3 is 9.88 Å². The largest absolute Gasteiger partial charge is 0.325 e. The molecule has 0 saturated heterocycles. The summed E-state index contributed by atoms with van der Waals surface area (Å²) in [5, 5.41) is 13.6. The van der Waals surface area contributed by atoms with Crippen molar-refractivity contribution in [2.75, 3.05) is 5.32 Å². The molecule has 2 aromatic carbocycles. The Balaban J connectivity index is 1.48. The summed E-state index contributed by atoms with van der Waals surface area (Å²) in [7, 11) is -4.62. The predicted octanol–water partition coefficient (Wildman–Crippen LogP) is 3.34. The fourth-order valence-corrected chi connectivity index (χ4v) is 4.99. The maximum atomic E-state index is 13.6. The van der Waals surface area contributed by atoms with Crippen LogP contribution in [0.1, 0.15) is 30.8 Å². The zero-order valence-electron chi connectivity index (χ0n) is 17.6. The van der Waals surface area contributed by atoms with Gasteiger partial charge in [-0.3, -0.25) is 19.1 Å². The van der Waals surface area contributed by atoms with Gasteiger partial charge in [0.1, 0.15) is 17.5 Å². The van der Waals surface area contributed by atoms with E-state index in [0.29, 0.717) is 24.2 Å². The highest BCUT2D eigenvalue weighted by atomic mass is 32.2. The zero-order valence-corrected chi connectivity index (χ0v) is 18.5. The highest BCUT2D eigenvalue weighted by Crippen LogP contribution is 2.33. The number of nitro groups is 1. The second-order valence-electron chi connectivity index (χ2n) is 7.61. The van der Waals surface area contributed by atoms with E-state index in [-0.39, 0.29) is 11.9 Å². The molecule has 0 aliphatic carbocycles. The van der Waals surface area contributed by atoms with Crippen molar-refractivity contribution in [2.24, 2.45) is 0 Å². The molecule has 1 aliphatic heterocycles. The van der Waals surface area contributed by atoms with E-state index >= 15 is 0 Å². The van der Waals surface area contributed by atoms with Crippen molar-refractivity contribution in [3.63, 3.8) is 0 Å². The number of nitrogens with zero attached hydrogens (tertiary/aromatic N) is 3. The number of amides is 1. The average molecular weight is 492 g/mol. The third-order valence-corrected chi connectivity index (χ3v) is 6.70. The van der Waals surface area contributed by atoms with Crippen LogP contribution in [-0.4, -0.2) is 34.9 Å². The van der Waals surface area contributed by atoms with Crippen LogP contribution in [0.5, 0.6) is 0 Å². The lowest BCUT2D eigenvalue weighted by Crippen LogP contribution is -2.30. The molecule has 1 unspecified atom stereocenters. The van der Waals surface area contributed by atoms with Crippen molar-refractivity contribution in [3.8, 4) is 0 Å². The summed E-state index contributed by atoms with van der Waals surface area (Å²) in [6.07, 6.45) is 1.01. The SMILES string of the molecule is C[C@@H](OS(=O)(=O)c1ccccc1[N+](=O)[O-])C(=O)Nc1cn2c(n1)CCC2c1cc(F)cc(F)c1. The van der Waals surface area contributed by atoms with Gasteiger partial charge in [-0.2, -0.15) is 8.42 Å². The molecule has 2 heterocycles. The Morgan fingerprint density at radius 1 is 1.26 bits per heavy atom. The lowest BCUT2D eigenvalue weighted by Gasteiger charge is -2.14. The first-order valence-electron chi connectivity index (χ1n) is 10.1. The molecule has 1 aliphatic rings. The van der Waals surface area contributed by atoms with Gasteiger partial charge in [-0.15, -0.1) is 0 Å². The van der Waals surface area contributed by atoms with Gasteiger partial charge in [0, 0.05) is 24.8 Å². The van der Waals surface area contributed by atoms with Crippen LogP contribution in [0.2, 0.25) is 0 Å². The van der Waals surface area contributed by atoms with Crippen molar-refractivity contribution in [2.45, 2.75) is 36.8 Å². The molecule has 1 aromatic heterocycles. The average Bonchev–Trinajstić information content (AvgIpc) is 3.32. The summed E-state index contributed by atoms with van der Waals surface area (Å²) in [6, 6.07) is 7.46. The van der Waals surface area contributed by atoms with Crippen molar-refractivity contribution >= 4 is 27.5 Å². The van der Waals surface area contributed by atoms with Crippen LogP contribution in [-0.2, 0) is 25.5 Å². The number of carbonyl (C=O) groups excluding carboxylic acids is 1. The van der Waals surface area contributed by atoms with Crippen LogP contribution in [0, 0.1) is 21.7 Å². The van der Waals surface area contributed by atoms with Gasteiger partial charge in [-0.05, 0) is 37.1 Å². The normalized spacial score (nSPS) is 16.1. The summed E-state index contributed by atoms with van der Waals surface area (Å²) in [4.78, 5) is 26.4. The number of carbonyl (C=O) groups is 1. The molecule has 1 N–H and O–H groups in total. The second kappa shape index (κ2) is 8.91. The molecular formula is C21H18F2N4O6S. The molecule has 3 aromatic rings. The fourth-order valence-electron chi connectivity index (χ4n) is 3.78. The molecule has 0 fully saturated rings. The topological polar surface area (TPSA) is 133 Å². The number of hydrogen-bond donors (Lipinski definition) is 1. The first-order valence-corrected chi connectivity index (χ1v) is 11.5. The summed E-state index contributed by atoms with van der Waals surface area (Å²) >= 11 is 0. The van der Waals surface area contributed by atoms with E-state index in [1.165, 1.54) is 37.4 Å². The number of nitrogens with one attached hydrogen (secondary N) is 1. The molecule has 0 saturated carbocycles. The van der Waals surface area contributed by atoms with Gasteiger partial charge in [0.2, 0.25) is 0 Å². The quantitative estimate of drug-likeness (QED) is 0.304. The molecule has 0 radical (unpaired) electrons. The van der Waals surface area contributed by atoms with Crippen LogP contribution in [0.4, 0.5) is 20.3 Å². The number of hydrogen-bond acceptors (Lipinski definition) is 7. The smallest absolute Gasteiger partial charge is 0.304 e. The van der Waals surface area contributed by atoms with Crippen molar-refractivity contribution < 1.29 is 31.1 Å². The Kier molecular flexibility index (Phi) is 6.15. The number of anilines is 1. The summed E-state index contributed by atoms with van der Waals surface area (Å²) < 4.78 is 58.8. The minimum atomic E-state index is -4.62. The lowest BCUT2D eigenvalue weighted by molar-refractivity contribution is -0.387. The Morgan fingerprint density at radius 2 is 1.94 bits per heavy atom. The molecule has 1 amide bonds. The Hall–Kier alpha value is -3.71. The van der Waals surface area contributed by atoms with Crippen LogP contribution in [0.15, 0.2) is 53.6 Å². The molecule has 10 nitrogen and oxygen atoms in total. The Morgan fingerprint density at radius 3 is 2.62 bits per heavy atom.